The molecule has 2 atom stereocenters. The highest BCUT2D eigenvalue weighted by molar-refractivity contribution is 5.85. The maximum atomic E-state index is 11.9. The fourth-order valence-corrected chi connectivity index (χ4v) is 2.00. The zero-order valence-corrected chi connectivity index (χ0v) is 11.2. The fourth-order valence-electron chi connectivity index (χ4n) is 2.00. The number of rotatable bonds is 7. The number of carbonyl (C=O) groups excluding carboxylic acids is 1. The Morgan fingerprint density at radius 2 is 2.00 bits per heavy atom. The predicted molar refractivity (Wildman–Crippen MR) is 71.6 cm³/mol. The number of ether oxygens (including phenoxy) is 1. The first-order chi connectivity index (χ1) is 9.02. The first-order valence-electron chi connectivity index (χ1n) is 6.40. The standard InChI is InChI=1S/C14H21NO4/c1-10(2)9-19-8-7-15-13(16)11-5-3-4-6-12(11)14(17)18/h3-4,11-12H,1,5-9H2,2H3,(H,15,16)(H,17,18). The Bertz CT molecular complexity index is 376. The van der Waals surface area contributed by atoms with E-state index in [1.54, 1.807) is 0 Å². The molecule has 0 aliphatic heterocycles. The first-order valence-corrected chi connectivity index (χ1v) is 6.40. The molecule has 19 heavy (non-hydrogen) atoms. The maximum Gasteiger partial charge on any atom is 0.307 e. The van der Waals surface area contributed by atoms with Crippen LogP contribution < -0.4 is 5.32 Å². The summed E-state index contributed by atoms with van der Waals surface area (Å²) in [5.74, 6) is -2.23. The summed E-state index contributed by atoms with van der Waals surface area (Å²) in [7, 11) is 0. The van der Waals surface area contributed by atoms with Crippen molar-refractivity contribution in [2.75, 3.05) is 19.8 Å². The molecule has 1 aliphatic carbocycles. The van der Waals surface area contributed by atoms with Crippen molar-refractivity contribution in [1.29, 1.82) is 0 Å². The van der Waals surface area contributed by atoms with Gasteiger partial charge in [0.25, 0.3) is 0 Å². The van der Waals surface area contributed by atoms with Crippen LogP contribution in [0.2, 0.25) is 0 Å². The second-order valence-corrected chi connectivity index (χ2v) is 4.79. The van der Waals surface area contributed by atoms with Gasteiger partial charge in [0, 0.05) is 6.54 Å². The van der Waals surface area contributed by atoms with Gasteiger partial charge in [0.15, 0.2) is 0 Å². The topological polar surface area (TPSA) is 75.6 Å². The Balaban J connectivity index is 2.33. The van der Waals surface area contributed by atoms with Gasteiger partial charge >= 0.3 is 5.97 Å². The van der Waals surface area contributed by atoms with Crippen molar-refractivity contribution >= 4 is 11.9 Å². The highest BCUT2D eigenvalue weighted by Gasteiger charge is 2.33. The molecule has 0 bridgehead atoms. The Labute approximate surface area is 113 Å². The van der Waals surface area contributed by atoms with Crippen molar-refractivity contribution < 1.29 is 19.4 Å². The molecule has 0 spiro atoms. The number of hydrogen-bond acceptors (Lipinski definition) is 3. The van der Waals surface area contributed by atoms with E-state index in [4.69, 9.17) is 9.84 Å². The lowest BCUT2D eigenvalue weighted by molar-refractivity contribution is -0.147. The molecule has 0 heterocycles. The highest BCUT2D eigenvalue weighted by atomic mass is 16.5. The minimum atomic E-state index is -0.914. The van der Waals surface area contributed by atoms with E-state index in [1.165, 1.54) is 0 Å². The minimum absolute atomic E-state index is 0.212. The van der Waals surface area contributed by atoms with Crippen molar-refractivity contribution in [1.82, 2.24) is 5.32 Å². The van der Waals surface area contributed by atoms with Crippen LogP contribution in [0.3, 0.4) is 0 Å². The molecule has 1 rings (SSSR count). The lowest BCUT2D eigenvalue weighted by Gasteiger charge is -2.24. The SMILES string of the molecule is C=C(C)COCCNC(=O)C1CC=CCC1C(=O)O. The molecule has 0 radical (unpaired) electrons. The first kappa shape index (κ1) is 15.4. The summed E-state index contributed by atoms with van der Waals surface area (Å²) >= 11 is 0. The molecule has 0 aromatic carbocycles. The minimum Gasteiger partial charge on any atom is -0.481 e. The number of carbonyl (C=O) groups is 2. The Morgan fingerprint density at radius 3 is 2.58 bits per heavy atom. The molecule has 1 aliphatic rings. The fraction of sp³-hybridized carbons (Fsp3) is 0.571. The average Bonchev–Trinajstić information content (AvgIpc) is 2.37. The van der Waals surface area contributed by atoms with E-state index in [-0.39, 0.29) is 5.91 Å². The molecule has 5 heteroatoms. The molecule has 0 aromatic heterocycles. The second kappa shape index (κ2) is 7.74. The van der Waals surface area contributed by atoms with Gasteiger partial charge in [-0.05, 0) is 19.8 Å². The van der Waals surface area contributed by atoms with Crippen molar-refractivity contribution in [3.63, 3.8) is 0 Å². The number of allylic oxidation sites excluding steroid dienone is 2. The van der Waals surface area contributed by atoms with Gasteiger partial charge in [-0.25, -0.2) is 0 Å². The molecular weight excluding hydrogens is 246 g/mol. The van der Waals surface area contributed by atoms with Gasteiger partial charge in [-0.15, -0.1) is 0 Å². The van der Waals surface area contributed by atoms with E-state index in [1.807, 2.05) is 19.1 Å². The van der Waals surface area contributed by atoms with Crippen molar-refractivity contribution in [3.05, 3.63) is 24.3 Å². The number of nitrogens with one attached hydrogen (secondary N) is 1. The van der Waals surface area contributed by atoms with Gasteiger partial charge in [-0.1, -0.05) is 24.3 Å². The zero-order valence-electron chi connectivity index (χ0n) is 11.2. The van der Waals surface area contributed by atoms with Crippen LogP contribution in [-0.2, 0) is 14.3 Å². The van der Waals surface area contributed by atoms with E-state index < -0.39 is 17.8 Å². The maximum absolute atomic E-state index is 11.9. The zero-order chi connectivity index (χ0) is 14.3. The van der Waals surface area contributed by atoms with Gasteiger partial charge in [0.2, 0.25) is 5.91 Å². The van der Waals surface area contributed by atoms with E-state index in [0.29, 0.717) is 32.6 Å². The van der Waals surface area contributed by atoms with Gasteiger partial charge in [0.05, 0.1) is 25.0 Å². The van der Waals surface area contributed by atoms with Crippen LogP contribution >= 0.6 is 0 Å². The molecule has 106 valence electrons. The van der Waals surface area contributed by atoms with Gasteiger partial charge < -0.3 is 15.2 Å². The molecular formula is C14H21NO4. The van der Waals surface area contributed by atoms with Crippen molar-refractivity contribution in [2.24, 2.45) is 11.8 Å². The smallest absolute Gasteiger partial charge is 0.307 e. The number of aliphatic carboxylic acids is 1. The summed E-state index contributed by atoms with van der Waals surface area (Å²) in [4.78, 5) is 23.0. The summed E-state index contributed by atoms with van der Waals surface area (Å²) in [5.41, 5.74) is 0.926. The number of carboxylic acid groups (broad SMARTS) is 1. The Kier molecular flexibility index (Phi) is 6.29. The van der Waals surface area contributed by atoms with Gasteiger partial charge in [0.1, 0.15) is 0 Å². The molecule has 2 unspecified atom stereocenters. The van der Waals surface area contributed by atoms with Crippen LogP contribution in [0.1, 0.15) is 19.8 Å². The summed E-state index contributed by atoms with van der Waals surface area (Å²) in [6.45, 7) is 6.83. The second-order valence-electron chi connectivity index (χ2n) is 4.79. The van der Waals surface area contributed by atoms with Crippen LogP contribution in [0, 0.1) is 11.8 Å². The van der Waals surface area contributed by atoms with Gasteiger partial charge in [-0.3, -0.25) is 9.59 Å². The third-order valence-corrected chi connectivity index (χ3v) is 2.98. The average molecular weight is 267 g/mol. The van der Waals surface area contributed by atoms with E-state index in [0.717, 1.165) is 5.57 Å². The largest absolute Gasteiger partial charge is 0.481 e. The van der Waals surface area contributed by atoms with Crippen LogP contribution in [0.15, 0.2) is 24.3 Å². The summed E-state index contributed by atoms with van der Waals surface area (Å²) in [6, 6.07) is 0. The van der Waals surface area contributed by atoms with Crippen LogP contribution in [-0.4, -0.2) is 36.7 Å². The lowest BCUT2D eigenvalue weighted by Crippen LogP contribution is -2.40. The predicted octanol–water partition coefficient (Wildman–Crippen LogP) is 1.36. The number of hydrogen-bond donors (Lipinski definition) is 2. The molecule has 0 saturated carbocycles. The van der Waals surface area contributed by atoms with Gasteiger partial charge in [-0.2, -0.15) is 0 Å². The molecule has 0 aromatic rings. The molecule has 5 nitrogen and oxygen atoms in total. The monoisotopic (exact) mass is 267 g/mol. The molecule has 2 N–H and O–H groups in total. The van der Waals surface area contributed by atoms with Crippen LogP contribution in [0.4, 0.5) is 0 Å². The van der Waals surface area contributed by atoms with Crippen molar-refractivity contribution in [3.8, 4) is 0 Å². The van der Waals surface area contributed by atoms with Crippen LogP contribution in [0.25, 0.3) is 0 Å². The van der Waals surface area contributed by atoms with Crippen molar-refractivity contribution in [2.45, 2.75) is 19.8 Å². The van der Waals surface area contributed by atoms with E-state index in [9.17, 15) is 9.59 Å². The summed E-state index contributed by atoms with van der Waals surface area (Å²) in [5, 5.41) is 11.8. The normalized spacial score (nSPS) is 21.9. The van der Waals surface area contributed by atoms with E-state index in [2.05, 4.69) is 11.9 Å². The number of amides is 1. The quantitative estimate of drug-likeness (QED) is 0.539. The Hall–Kier alpha value is -1.62. The Morgan fingerprint density at radius 1 is 1.37 bits per heavy atom. The summed E-state index contributed by atoms with van der Waals surface area (Å²) < 4.78 is 5.26. The third-order valence-electron chi connectivity index (χ3n) is 2.98. The number of carboxylic acids is 1. The summed E-state index contributed by atoms with van der Waals surface area (Å²) in [6.07, 6.45) is 4.58. The lowest BCUT2D eigenvalue weighted by atomic mass is 9.82. The highest BCUT2D eigenvalue weighted by Crippen LogP contribution is 2.25. The molecule has 0 fully saturated rings. The third kappa shape index (κ3) is 5.26. The van der Waals surface area contributed by atoms with Crippen LogP contribution in [0.5, 0.6) is 0 Å². The molecule has 0 saturated heterocycles. The molecule has 1 amide bonds. The van der Waals surface area contributed by atoms with E-state index >= 15 is 0 Å².